The first-order chi connectivity index (χ1) is 11.4. The number of para-hydroxylation sites is 2. The molecule has 0 aliphatic rings. The van der Waals surface area contributed by atoms with Crippen LogP contribution >= 0.6 is 0 Å². The summed E-state index contributed by atoms with van der Waals surface area (Å²) in [6.07, 6.45) is 1.99. The van der Waals surface area contributed by atoms with Gasteiger partial charge in [-0.2, -0.15) is 0 Å². The van der Waals surface area contributed by atoms with Gasteiger partial charge in [0, 0.05) is 39.3 Å². The van der Waals surface area contributed by atoms with Gasteiger partial charge in [0.2, 0.25) is 0 Å². The molecular weight excluding hydrogens is 282 g/mol. The van der Waals surface area contributed by atoms with Crippen molar-refractivity contribution in [2.75, 3.05) is 0 Å². The lowest BCUT2D eigenvalue weighted by atomic mass is 10.1. The van der Waals surface area contributed by atoms with Crippen LogP contribution in [0.4, 0.5) is 0 Å². The summed E-state index contributed by atoms with van der Waals surface area (Å²) in [5.41, 5.74) is 6.82. The maximum atomic E-state index is 3.51. The average molecular weight is 297 g/mol. The van der Waals surface area contributed by atoms with Gasteiger partial charge in [-0.05, 0) is 30.3 Å². The number of aromatic nitrogens is 3. The van der Waals surface area contributed by atoms with Crippen LogP contribution in [-0.4, -0.2) is 15.0 Å². The van der Waals surface area contributed by atoms with Crippen LogP contribution in [0.2, 0.25) is 0 Å². The van der Waals surface area contributed by atoms with Crippen molar-refractivity contribution in [1.29, 1.82) is 0 Å². The van der Waals surface area contributed by atoms with E-state index in [4.69, 9.17) is 0 Å². The summed E-state index contributed by atoms with van der Waals surface area (Å²) in [5.74, 6) is 0. The molecule has 0 saturated carbocycles. The summed E-state index contributed by atoms with van der Waals surface area (Å²) in [6.45, 7) is 0. The van der Waals surface area contributed by atoms with Crippen molar-refractivity contribution in [2.45, 2.75) is 0 Å². The molecule has 0 radical (unpaired) electrons. The average Bonchev–Trinajstić information content (AvgIpc) is 3.30. The monoisotopic (exact) mass is 297 g/mol. The molecule has 3 nitrogen and oxygen atoms in total. The molecule has 3 N–H and O–H groups in total. The van der Waals surface area contributed by atoms with Crippen molar-refractivity contribution in [1.82, 2.24) is 15.0 Å². The Bertz CT molecular complexity index is 969. The summed E-state index contributed by atoms with van der Waals surface area (Å²) in [6, 6.07) is 23.2. The number of hydrogen-bond donors (Lipinski definition) is 3. The minimum absolute atomic E-state index is 1.10. The molecule has 0 bridgehead atoms. The molecule has 0 unspecified atom stereocenters. The zero-order chi connectivity index (χ0) is 15.2. The lowest BCUT2D eigenvalue weighted by Gasteiger charge is -2.00. The van der Waals surface area contributed by atoms with Crippen molar-refractivity contribution in [2.24, 2.45) is 0 Å². The third-order valence-corrected chi connectivity index (χ3v) is 4.37. The molecule has 0 atom stereocenters. The van der Waals surface area contributed by atoms with Crippen LogP contribution in [0, 0.1) is 0 Å². The third kappa shape index (κ3) is 1.90. The number of rotatable bonds is 2. The predicted molar refractivity (Wildman–Crippen MR) is 95.4 cm³/mol. The third-order valence-electron chi connectivity index (χ3n) is 4.37. The molecule has 5 rings (SSSR count). The molecule has 0 aliphatic heterocycles. The molecule has 3 heterocycles. The highest BCUT2D eigenvalue weighted by molar-refractivity contribution is 5.92. The van der Waals surface area contributed by atoms with Crippen molar-refractivity contribution in [3.8, 4) is 22.6 Å². The van der Waals surface area contributed by atoms with Crippen LogP contribution in [0.3, 0.4) is 0 Å². The predicted octanol–water partition coefficient (Wildman–Crippen LogP) is 5.31. The van der Waals surface area contributed by atoms with Crippen LogP contribution in [0.1, 0.15) is 0 Å². The molecule has 3 aromatic heterocycles. The Balaban J connectivity index is 1.69. The maximum absolute atomic E-state index is 3.51. The van der Waals surface area contributed by atoms with E-state index in [9.17, 15) is 0 Å². The van der Waals surface area contributed by atoms with Crippen molar-refractivity contribution < 1.29 is 0 Å². The van der Waals surface area contributed by atoms with E-state index in [-0.39, 0.29) is 0 Å². The maximum Gasteiger partial charge on any atom is 0.0714 e. The number of aromatic amines is 3. The quantitative estimate of drug-likeness (QED) is 0.395. The summed E-state index contributed by atoms with van der Waals surface area (Å²) in [5, 5.41) is 2.45. The molecule has 0 fully saturated rings. The van der Waals surface area contributed by atoms with E-state index in [0.29, 0.717) is 0 Å². The molecule has 0 amide bonds. The fourth-order valence-corrected chi connectivity index (χ4v) is 3.24. The van der Waals surface area contributed by atoms with Gasteiger partial charge in [-0.15, -0.1) is 0 Å². The van der Waals surface area contributed by atoms with E-state index in [0.717, 1.165) is 28.1 Å². The van der Waals surface area contributed by atoms with Gasteiger partial charge in [-0.25, -0.2) is 0 Å². The lowest BCUT2D eigenvalue weighted by Crippen LogP contribution is -1.82. The zero-order valence-corrected chi connectivity index (χ0v) is 12.4. The molecular formula is C20H15N3. The molecule has 110 valence electrons. The number of H-pyrrole nitrogens is 3. The summed E-state index contributed by atoms with van der Waals surface area (Å²) in [4.78, 5) is 10.4. The smallest absolute Gasteiger partial charge is 0.0714 e. The lowest BCUT2D eigenvalue weighted by molar-refractivity contribution is 1.34. The van der Waals surface area contributed by atoms with Gasteiger partial charge in [0.1, 0.15) is 0 Å². The van der Waals surface area contributed by atoms with Gasteiger partial charge in [0.15, 0.2) is 0 Å². The fraction of sp³-hybridized carbons (Fsp3) is 0. The highest BCUT2D eigenvalue weighted by Crippen LogP contribution is 2.33. The standard InChI is InChI=1S/C20H15N3/c1-3-7-16-13(5-1)11-18(22-16)15-9-10-21-20(15)19-12-14-6-2-4-8-17(14)23-19/h1-12,21-23H. The molecule has 2 aromatic carbocycles. The first-order valence-electron chi connectivity index (χ1n) is 7.72. The van der Waals surface area contributed by atoms with Crippen LogP contribution in [-0.2, 0) is 0 Å². The Hall–Kier alpha value is -3.20. The zero-order valence-electron chi connectivity index (χ0n) is 12.4. The van der Waals surface area contributed by atoms with Gasteiger partial charge >= 0.3 is 0 Å². The van der Waals surface area contributed by atoms with Crippen LogP contribution < -0.4 is 0 Å². The van der Waals surface area contributed by atoms with Gasteiger partial charge in [-0.3, -0.25) is 0 Å². The van der Waals surface area contributed by atoms with Crippen LogP contribution in [0.25, 0.3) is 44.5 Å². The second-order valence-electron chi connectivity index (χ2n) is 5.81. The number of benzene rings is 2. The summed E-state index contributed by atoms with van der Waals surface area (Å²) >= 11 is 0. The number of fused-ring (bicyclic) bond motifs is 2. The van der Waals surface area contributed by atoms with E-state index in [2.05, 4.69) is 81.7 Å². The summed E-state index contributed by atoms with van der Waals surface area (Å²) < 4.78 is 0. The van der Waals surface area contributed by atoms with E-state index < -0.39 is 0 Å². The van der Waals surface area contributed by atoms with Crippen LogP contribution in [0.5, 0.6) is 0 Å². The minimum atomic E-state index is 1.10. The molecule has 0 spiro atoms. The number of nitrogens with one attached hydrogen (secondary N) is 3. The van der Waals surface area contributed by atoms with Crippen molar-refractivity contribution in [3.63, 3.8) is 0 Å². The number of hydrogen-bond acceptors (Lipinski definition) is 0. The van der Waals surface area contributed by atoms with E-state index >= 15 is 0 Å². The second-order valence-corrected chi connectivity index (χ2v) is 5.81. The van der Waals surface area contributed by atoms with E-state index in [1.165, 1.54) is 16.3 Å². The van der Waals surface area contributed by atoms with Crippen molar-refractivity contribution in [3.05, 3.63) is 72.9 Å². The second kappa shape index (κ2) is 4.65. The molecule has 0 saturated heterocycles. The minimum Gasteiger partial charge on any atom is -0.359 e. The Morgan fingerprint density at radius 2 is 1.22 bits per heavy atom. The molecule has 3 heteroatoms. The Morgan fingerprint density at radius 1 is 0.609 bits per heavy atom. The molecule has 0 aliphatic carbocycles. The largest absolute Gasteiger partial charge is 0.359 e. The normalized spacial score (nSPS) is 11.5. The van der Waals surface area contributed by atoms with Gasteiger partial charge in [-0.1, -0.05) is 36.4 Å². The van der Waals surface area contributed by atoms with Crippen molar-refractivity contribution >= 4 is 21.8 Å². The summed E-state index contributed by atoms with van der Waals surface area (Å²) in [7, 11) is 0. The Kier molecular flexibility index (Phi) is 2.50. The van der Waals surface area contributed by atoms with Gasteiger partial charge in [0.05, 0.1) is 11.4 Å². The van der Waals surface area contributed by atoms with E-state index in [1.807, 2.05) is 6.20 Å². The Morgan fingerprint density at radius 3 is 1.91 bits per heavy atom. The van der Waals surface area contributed by atoms with Gasteiger partial charge in [0.25, 0.3) is 0 Å². The first-order valence-corrected chi connectivity index (χ1v) is 7.72. The Labute approximate surface area is 133 Å². The fourth-order valence-electron chi connectivity index (χ4n) is 3.24. The SMILES string of the molecule is c1ccc2[nH]c(-c3cc[nH]c3-c3cc4ccccc4[nH]3)cc2c1. The first kappa shape index (κ1) is 12.4. The topological polar surface area (TPSA) is 47.4 Å². The highest BCUT2D eigenvalue weighted by atomic mass is 14.8. The molecule has 5 aromatic rings. The van der Waals surface area contributed by atoms with Gasteiger partial charge < -0.3 is 15.0 Å². The molecule has 23 heavy (non-hydrogen) atoms. The van der Waals surface area contributed by atoms with E-state index in [1.54, 1.807) is 0 Å². The van der Waals surface area contributed by atoms with Crippen LogP contribution in [0.15, 0.2) is 72.9 Å². The highest BCUT2D eigenvalue weighted by Gasteiger charge is 2.13.